The van der Waals surface area contributed by atoms with E-state index in [1.54, 1.807) is 42.5 Å². The second kappa shape index (κ2) is 15.8. The van der Waals surface area contributed by atoms with Crippen molar-refractivity contribution in [1.29, 1.82) is 0 Å². The standard InChI is InChI=1S/C23H24O3.C10H6O2.2N3/c1-13-11-21(25)15(3)9-18(13)23(17-7-5-6-8-20(17)24)19-10-16(4)22(26)12-14(19)2;11-9-6-5-7-3-1-2-4-8(7)10(9)12;2*1-3-2/h5-12,23-26H,1-4H3;1-6H;;/q;;2*-1. The average molecular weight is 591 g/mol. The van der Waals surface area contributed by atoms with E-state index in [1.807, 2.05) is 64.1 Å². The van der Waals surface area contributed by atoms with Gasteiger partial charge in [-0.1, -0.05) is 60.7 Å². The molecule has 1 aliphatic carbocycles. The van der Waals surface area contributed by atoms with Crippen LogP contribution in [0.4, 0.5) is 0 Å². The SMILES string of the molecule is Cc1cc(C(c2cc(C)c(O)cc2C)c2ccccc2O)c(C)cc1O.O=C1C=Cc2ccccc2C1=O.[N-]=[N+]=[N-].[N-]=[N+]=[N-]. The highest BCUT2D eigenvalue weighted by Crippen LogP contribution is 2.42. The first-order valence-electron chi connectivity index (χ1n) is 13.1. The zero-order valence-electron chi connectivity index (χ0n) is 24.5. The molecule has 5 rings (SSSR count). The third kappa shape index (κ3) is 8.27. The first-order valence-corrected chi connectivity index (χ1v) is 13.1. The van der Waals surface area contributed by atoms with Gasteiger partial charge in [0, 0.05) is 17.0 Å². The van der Waals surface area contributed by atoms with Crippen molar-refractivity contribution in [2.75, 3.05) is 0 Å². The Morgan fingerprint density at radius 3 is 1.52 bits per heavy atom. The number of allylic oxidation sites excluding steroid dienone is 1. The minimum atomic E-state index is -0.436. The van der Waals surface area contributed by atoms with E-state index >= 15 is 0 Å². The molecule has 0 saturated heterocycles. The Balaban J connectivity index is 0.000000309. The molecule has 0 fully saturated rings. The van der Waals surface area contributed by atoms with E-state index < -0.39 is 11.6 Å². The lowest BCUT2D eigenvalue weighted by atomic mass is 9.79. The van der Waals surface area contributed by atoms with Gasteiger partial charge in [-0.25, -0.2) is 0 Å². The number of carbonyl (C=O) groups excluding carboxylic acids is 2. The van der Waals surface area contributed by atoms with Crippen LogP contribution >= 0.6 is 0 Å². The van der Waals surface area contributed by atoms with Crippen LogP contribution in [0, 0.1) is 27.7 Å². The number of para-hydroxylation sites is 1. The number of Topliss-reactive ketones (excluding diaryl/α,β-unsaturated/α-hetero) is 1. The molecular weight excluding hydrogens is 560 g/mol. The fourth-order valence-corrected chi connectivity index (χ4v) is 4.73. The Morgan fingerprint density at radius 1 is 0.568 bits per heavy atom. The van der Waals surface area contributed by atoms with Gasteiger partial charge < -0.3 is 37.4 Å². The molecule has 11 heteroatoms. The van der Waals surface area contributed by atoms with Crippen LogP contribution in [0.5, 0.6) is 17.2 Å². The van der Waals surface area contributed by atoms with Crippen molar-refractivity contribution >= 4 is 17.6 Å². The number of aromatic hydroxyl groups is 3. The van der Waals surface area contributed by atoms with Gasteiger partial charge in [-0.2, -0.15) is 0 Å². The first kappa shape index (κ1) is 34.2. The number of carbonyl (C=O) groups is 2. The van der Waals surface area contributed by atoms with E-state index in [2.05, 4.69) is 0 Å². The molecule has 0 heterocycles. The summed E-state index contributed by atoms with van der Waals surface area (Å²) in [4.78, 5) is 25.1. The van der Waals surface area contributed by atoms with E-state index in [0.717, 1.165) is 44.5 Å². The normalized spacial score (nSPS) is 10.9. The molecule has 44 heavy (non-hydrogen) atoms. The van der Waals surface area contributed by atoms with Gasteiger partial charge >= 0.3 is 0 Å². The van der Waals surface area contributed by atoms with Crippen molar-refractivity contribution in [3.63, 3.8) is 0 Å². The maximum absolute atomic E-state index is 11.2. The van der Waals surface area contributed by atoms with Crippen molar-refractivity contribution in [3.05, 3.63) is 161 Å². The molecule has 4 aromatic carbocycles. The molecule has 0 unspecified atom stereocenters. The molecule has 4 aromatic rings. The number of phenols is 3. The van der Waals surface area contributed by atoms with E-state index in [1.165, 1.54) is 15.9 Å². The Labute approximate surface area is 254 Å². The molecular formula is C33H30N6O5-2. The van der Waals surface area contributed by atoms with Crippen LogP contribution in [0.1, 0.15) is 60.8 Å². The van der Waals surface area contributed by atoms with Crippen molar-refractivity contribution in [2.45, 2.75) is 33.6 Å². The molecule has 0 radical (unpaired) electrons. The largest absolute Gasteiger partial charge is 0.508 e. The summed E-state index contributed by atoms with van der Waals surface area (Å²) in [5.41, 5.74) is 34.7. The van der Waals surface area contributed by atoms with Gasteiger partial charge in [-0.3, -0.25) is 19.4 Å². The number of nitrogens with zero attached hydrogens (tertiary/aromatic N) is 6. The van der Waals surface area contributed by atoms with Crippen LogP contribution in [0.15, 0.2) is 78.9 Å². The van der Waals surface area contributed by atoms with Gasteiger partial charge in [0.05, 0.1) is 0 Å². The molecule has 0 saturated carbocycles. The molecule has 1 aliphatic rings. The summed E-state index contributed by atoms with van der Waals surface area (Å²) in [7, 11) is 0. The summed E-state index contributed by atoms with van der Waals surface area (Å²) in [5, 5.41) is 30.6. The number of hydrogen-bond donors (Lipinski definition) is 3. The number of rotatable bonds is 3. The Hall–Kier alpha value is -6.02. The number of ketones is 2. The minimum Gasteiger partial charge on any atom is -0.508 e. The maximum Gasteiger partial charge on any atom is 0.233 e. The van der Waals surface area contributed by atoms with E-state index in [0.29, 0.717) is 5.56 Å². The predicted octanol–water partition coefficient (Wildman–Crippen LogP) is 8.41. The van der Waals surface area contributed by atoms with Gasteiger partial charge in [-0.05, 0) is 90.9 Å². The lowest BCUT2D eigenvalue weighted by molar-refractivity contribution is -0.110. The van der Waals surface area contributed by atoms with Gasteiger partial charge in [0.15, 0.2) is 0 Å². The predicted molar refractivity (Wildman–Crippen MR) is 169 cm³/mol. The topological polar surface area (TPSA) is 212 Å². The van der Waals surface area contributed by atoms with Gasteiger partial charge in [0.2, 0.25) is 11.6 Å². The second-order valence-corrected chi connectivity index (χ2v) is 9.78. The Kier molecular flexibility index (Phi) is 12.3. The summed E-state index contributed by atoms with van der Waals surface area (Å²) in [5.74, 6) is -0.286. The fourth-order valence-electron chi connectivity index (χ4n) is 4.73. The van der Waals surface area contributed by atoms with Crippen LogP contribution < -0.4 is 0 Å². The highest BCUT2D eigenvalue weighted by Gasteiger charge is 2.24. The molecule has 0 aliphatic heterocycles. The quantitative estimate of drug-likeness (QED) is 0.0702. The monoisotopic (exact) mass is 590 g/mol. The van der Waals surface area contributed by atoms with Crippen molar-refractivity contribution in [1.82, 2.24) is 0 Å². The number of hydrogen-bond acceptors (Lipinski definition) is 5. The molecule has 3 N–H and O–H groups in total. The lowest BCUT2D eigenvalue weighted by Crippen LogP contribution is -2.15. The number of fused-ring (bicyclic) bond motifs is 1. The molecule has 11 nitrogen and oxygen atoms in total. The molecule has 224 valence electrons. The molecule has 0 bridgehead atoms. The summed E-state index contributed by atoms with van der Waals surface area (Å²) in [6.45, 7) is 7.67. The molecule has 0 amide bonds. The minimum absolute atomic E-state index is 0.199. The first-order chi connectivity index (χ1) is 20.9. The third-order valence-corrected chi connectivity index (χ3v) is 6.88. The average Bonchev–Trinajstić information content (AvgIpc) is 2.98. The van der Waals surface area contributed by atoms with Crippen LogP contribution in [-0.2, 0) is 4.79 Å². The van der Waals surface area contributed by atoms with Crippen molar-refractivity contribution in [3.8, 4) is 17.2 Å². The van der Waals surface area contributed by atoms with E-state index in [4.69, 9.17) is 22.1 Å². The second-order valence-electron chi connectivity index (χ2n) is 9.78. The summed E-state index contributed by atoms with van der Waals surface area (Å²) in [6, 6.07) is 21.9. The lowest BCUT2D eigenvalue weighted by Gasteiger charge is -2.25. The van der Waals surface area contributed by atoms with Gasteiger partial charge in [-0.15, -0.1) is 0 Å². The molecule has 0 atom stereocenters. The number of aryl methyl sites for hydroxylation is 4. The van der Waals surface area contributed by atoms with Crippen molar-refractivity contribution in [2.24, 2.45) is 0 Å². The highest BCUT2D eigenvalue weighted by atomic mass is 16.3. The summed E-state index contributed by atoms with van der Waals surface area (Å²) >= 11 is 0. The zero-order chi connectivity index (χ0) is 33.0. The summed E-state index contributed by atoms with van der Waals surface area (Å²) in [6.07, 6.45) is 2.98. The molecule has 0 aromatic heterocycles. The Morgan fingerprint density at radius 2 is 1.02 bits per heavy atom. The zero-order valence-corrected chi connectivity index (χ0v) is 24.5. The number of phenolic OH excluding ortho intramolecular Hbond substituents is 3. The number of benzene rings is 4. The Bertz CT molecular complexity index is 1720. The fraction of sp³-hybridized carbons (Fsp3) is 0.152. The van der Waals surface area contributed by atoms with Crippen LogP contribution in [0.2, 0.25) is 0 Å². The highest BCUT2D eigenvalue weighted by molar-refractivity contribution is 6.49. The maximum atomic E-state index is 11.2. The van der Waals surface area contributed by atoms with Gasteiger partial charge in [0.1, 0.15) is 17.2 Å². The van der Waals surface area contributed by atoms with Crippen molar-refractivity contribution < 1.29 is 24.9 Å². The van der Waals surface area contributed by atoms with E-state index in [9.17, 15) is 24.9 Å². The summed E-state index contributed by atoms with van der Waals surface area (Å²) < 4.78 is 0. The smallest absolute Gasteiger partial charge is 0.233 e. The van der Waals surface area contributed by atoms with E-state index in [-0.39, 0.29) is 23.2 Å². The van der Waals surface area contributed by atoms with Crippen LogP contribution in [0.25, 0.3) is 38.0 Å². The van der Waals surface area contributed by atoms with Crippen LogP contribution in [0.3, 0.4) is 0 Å². The molecule has 0 spiro atoms. The van der Waals surface area contributed by atoms with Gasteiger partial charge in [0.25, 0.3) is 0 Å². The third-order valence-electron chi connectivity index (χ3n) is 6.88. The van der Waals surface area contributed by atoms with Crippen LogP contribution in [-0.4, -0.2) is 26.9 Å².